The number of hydrogen-bond donors (Lipinski definition) is 1. The van der Waals surface area contributed by atoms with E-state index in [4.69, 9.17) is 0 Å². The van der Waals surface area contributed by atoms with E-state index in [-0.39, 0.29) is 41.3 Å². The van der Waals surface area contributed by atoms with Gasteiger partial charge in [0.15, 0.2) is 5.78 Å². The first kappa shape index (κ1) is 30.6. The fraction of sp³-hybridized carbons (Fsp3) is 0.471. The smallest absolute Gasteiger partial charge is 0.248 e. The topological polar surface area (TPSA) is 136 Å². The van der Waals surface area contributed by atoms with E-state index in [0.29, 0.717) is 39.3 Å². The van der Waals surface area contributed by atoms with Crippen molar-refractivity contribution in [3.8, 4) is 11.3 Å². The Morgan fingerprint density at radius 1 is 1.02 bits per heavy atom. The number of carbonyl (C=O) groups excluding carboxylic acids is 3. The number of aryl methyl sites for hydroxylation is 2. The SMILES string of the molecule is CC(=O)c1nn(CC(=O)N2C3C[C@@]34CCCCCCCCc3ccc(Br)nc3NC(=O)[C@@H]2C4)c2cnc(-c3cnc(C)nc3)cc12. The molecule has 6 heterocycles. The molecule has 1 aliphatic carbocycles. The van der Waals surface area contributed by atoms with Crippen LogP contribution in [-0.2, 0) is 22.6 Å². The molecule has 46 heavy (non-hydrogen) atoms. The van der Waals surface area contributed by atoms with Crippen LogP contribution in [-0.4, -0.2) is 64.3 Å². The van der Waals surface area contributed by atoms with Crippen LogP contribution < -0.4 is 5.32 Å². The van der Waals surface area contributed by atoms with Crippen LogP contribution >= 0.6 is 15.9 Å². The number of amides is 2. The van der Waals surface area contributed by atoms with E-state index in [1.54, 1.807) is 34.2 Å². The molecule has 2 aliphatic heterocycles. The third kappa shape index (κ3) is 5.83. The lowest BCUT2D eigenvalue weighted by atomic mass is 9.92. The van der Waals surface area contributed by atoms with Gasteiger partial charge in [-0.2, -0.15) is 5.10 Å². The van der Waals surface area contributed by atoms with Crippen LogP contribution in [0, 0.1) is 12.3 Å². The standard InChI is InChI=1S/C34H37BrN8O3/c1-20(44)31-24-13-25(23-16-36-21(2)37-17-23)38-18-27(24)42(41-31)19-30(45)43-26-14-34(15-28(34)43)12-8-6-4-3-5-7-9-22-10-11-29(35)39-32(22)40-33(26)46/h10-11,13,16-18,26,28H,3-9,12,14-15,19H2,1-2H3,(H,39,40,46)/t26-,28?,34-/m0/s1. The Hall–Kier alpha value is -4.06. The Bertz CT molecular complexity index is 1840. The Kier molecular flexibility index (Phi) is 8.16. The van der Waals surface area contributed by atoms with E-state index >= 15 is 0 Å². The lowest BCUT2D eigenvalue weighted by Gasteiger charge is -2.27. The normalized spacial score (nSPS) is 23.2. The average molecular weight is 686 g/mol. The van der Waals surface area contributed by atoms with E-state index in [0.717, 1.165) is 49.7 Å². The summed E-state index contributed by atoms with van der Waals surface area (Å²) < 4.78 is 2.20. The van der Waals surface area contributed by atoms with Crippen molar-refractivity contribution >= 4 is 50.2 Å². The van der Waals surface area contributed by atoms with Crippen LogP contribution in [0.25, 0.3) is 22.2 Å². The van der Waals surface area contributed by atoms with Crippen LogP contribution in [0.15, 0.2) is 41.4 Å². The van der Waals surface area contributed by atoms with E-state index in [1.807, 2.05) is 19.1 Å². The molecule has 4 aromatic rings. The summed E-state index contributed by atoms with van der Waals surface area (Å²) in [7, 11) is 0. The molecule has 0 aromatic carbocycles. The molecule has 238 valence electrons. The molecule has 11 nitrogen and oxygen atoms in total. The highest BCUT2D eigenvalue weighted by Crippen LogP contribution is 2.62. The first-order valence-corrected chi connectivity index (χ1v) is 17.0. The number of piperidine rings is 1. The van der Waals surface area contributed by atoms with Gasteiger partial charge in [0.25, 0.3) is 0 Å². The summed E-state index contributed by atoms with van der Waals surface area (Å²) in [6.45, 7) is 3.17. The maximum atomic E-state index is 14.2. The van der Waals surface area contributed by atoms with Crippen LogP contribution in [0.5, 0.6) is 0 Å². The molecule has 12 heteroatoms. The maximum absolute atomic E-state index is 14.2. The molecular weight excluding hydrogens is 648 g/mol. The molecule has 1 unspecified atom stereocenters. The predicted octanol–water partition coefficient (Wildman–Crippen LogP) is 5.84. The van der Waals surface area contributed by atoms with Gasteiger partial charge < -0.3 is 10.2 Å². The molecule has 3 aliphatic rings. The van der Waals surface area contributed by atoms with Gasteiger partial charge in [0.2, 0.25) is 11.8 Å². The number of ketones is 1. The quantitative estimate of drug-likeness (QED) is 0.209. The molecule has 1 saturated carbocycles. The minimum Gasteiger partial charge on any atom is -0.325 e. The lowest BCUT2D eigenvalue weighted by molar-refractivity contribution is -0.138. The summed E-state index contributed by atoms with van der Waals surface area (Å²) in [5, 5.41) is 8.29. The largest absolute Gasteiger partial charge is 0.325 e. The van der Waals surface area contributed by atoms with Gasteiger partial charge in [-0.15, -0.1) is 0 Å². The summed E-state index contributed by atoms with van der Waals surface area (Å²) in [5.74, 6) is 0.600. The van der Waals surface area contributed by atoms with Crippen molar-refractivity contribution in [1.29, 1.82) is 0 Å². The van der Waals surface area contributed by atoms with Gasteiger partial charge >= 0.3 is 0 Å². The molecule has 3 atom stereocenters. The third-order valence-corrected chi connectivity index (χ3v) is 10.3. The van der Waals surface area contributed by atoms with Crippen LogP contribution in [0.1, 0.15) is 86.6 Å². The van der Waals surface area contributed by atoms with Crippen molar-refractivity contribution in [2.75, 3.05) is 5.32 Å². The van der Waals surface area contributed by atoms with Gasteiger partial charge in [0.1, 0.15) is 34.5 Å². The second-order valence-electron chi connectivity index (χ2n) is 13.0. The van der Waals surface area contributed by atoms with Crippen molar-refractivity contribution in [2.24, 2.45) is 5.41 Å². The highest BCUT2D eigenvalue weighted by atomic mass is 79.9. The van der Waals surface area contributed by atoms with Crippen LogP contribution in [0.4, 0.5) is 5.82 Å². The first-order valence-electron chi connectivity index (χ1n) is 16.2. The molecule has 2 amide bonds. The number of anilines is 1. The molecule has 1 saturated heterocycles. The van der Waals surface area contributed by atoms with Gasteiger partial charge in [-0.25, -0.2) is 15.0 Å². The molecular formula is C34H37BrN8O3. The zero-order chi connectivity index (χ0) is 32.0. The van der Waals surface area contributed by atoms with Crippen molar-refractivity contribution in [1.82, 2.24) is 34.6 Å². The first-order chi connectivity index (χ1) is 22.2. The van der Waals surface area contributed by atoms with Crippen LogP contribution in [0.2, 0.25) is 0 Å². The summed E-state index contributed by atoms with van der Waals surface area (Å²) in [6.07, 6.45) is 15.3. The van der Waals surface area contributed by atoms with E-state index in [2.05, 4.69) is 46.3 Å². The van der Waals surface area contributed by atoms with Gasteiger partial charge in [-0.05, 0) is 78.1 Å². The molecule has 0 radical (unpaired) electrons. The minimum absolute atomic E-state index is 0.0129. The van der Waals surface area contributed by atoms with Crippen LogP contribution in [0.3, 0.4) is 0 Å². The monoisotopic (exact) mass is 684 g/mol. The van der Waals surface area contributed by atoms with Crippen molar-refractivity contribution in [2.45, 2.75) is 96.7 Å². The van der Waals surface area contributed by atoms with E-state index < -0.39 is 6.04 Å². The van der Waals surface area contributed by atoms with E-state index in [9.17, 15) is 14.4 Å². The summed E-state index contributed by atoms with van der Waals surface area (Å²) >= 11 is 3.46. The lowest BCUT2D eigenvalue weighted by Crippen LogP contribution is -2.47. The highest BCUT2D eigenvalue weighted by Gasteiger charge is 2.66. The second-order valence-corrected chi connectivity index (χ2v) is 13.8. The Balaban J connectivity index is 1.19. The number of nitrogens with one attached hydrogen (secondary N) is 1. The Labute approximate surface area is 275 Å². The molecule has 1 N–H and O–H groups in total. The number of halogens is 1. The van der Waals surface area contributed by atoms with Gasteiger partial charge in [-0.1, -0.05) is 38.2 Å². The Morgan fingerprint density at radius 3 is 2.57 bits per heavy atom. The number of fused-ring (bicyclic) bond motifs is 3. The zero-order valence-electron chi connectivity index (χ0n) is 26.1. The zero-order valence-corrected chi connectivity index (χ0v) is 27.7. The number of likely N-dealkylation sites (tertiary alicyclic amines) is 1. The fourth-order valence-electron chi connectivity index (χ4n) is 7.40. The second kappa shape index (κ2) is 12.3. The highest BCUT2D eigenvalue weighted by molar-refractivity contribution is 9.10. The predicted molar refractivity (Wildman–Crippen MR) is 176 cm³/mol. The van der Waals surface area contributed by atoms with Crippen molar-refractivity contribution in [3.05, 3.63) is 58.5 Å². The number of carbonyl (C=O) groups is 3. The Morgan fingerprint density at radius 2 is 1.78 bits per heavy atom. The third-order valence-electron chi connectivity index (χ3n) is 9.90. The van der Waals surface area contributed by atoms with Gasteiger partial charge in [-0.3, -0.25) is 24.0 Å². The number of hydrogen-bond acceptors (Lipinski definition) is 8. The summed E-state index contributed by atoms with van der Waals surface area (Å²) in [6, 6.07) is 5.13. The molecule has 2 bridgehead atoms. The van der Waals surface area contributed by atoms with Gasteiger partial charge in [0, 0.05) is 36.3 Å². The number of rotatable bonds is 4. The summed E-state index contributed by atoms with van der Waals surface area (Å²) in [4.78, 5) is 60.4. The number of pyridine rings is 2. The number of Topliss-reactive ketones (excluding diaryl/α,β-unsaturated/α-hetero) is 1. The molecule has 2 fully saturated rings. The summed E-state index contributed by atoms with van der Waals surface area (Å²) in [5.41, 5.74) is 3.15. The van der Waals surface area contributed by atoms with Gasteiger partial charge in [0.05, 0.1) is 17.4 Å². The molecule has 7 rings (SSSR count). The number of aromatic nitrogens is 6. The maximum Gasteiger partial charge on any atom is 0.248 e. The van der Waals surface area contributed by atoms with Crippen molar-refractivity contribution < 1.29 is 14.4 Å². The number of nitrogens with zero attached hydrogens (tertiary/aromatic N) is 7. The average Bonchev–Trinajstić information content (AvgIpc) is 3.45. The molecule has 1 spiro atoms. The minimum atomic E-state index is -0.606. The van der Waals surface area contributed by atoms with E-state index in [1.165, 1.54) is 26.2 Å². The fourth-order valence-corrected chi connectivity index (χ4v) is 7.71. The molecule has 4 aromatic heterocycles. The van der Waals surface area contributed by atoms with Crippen molar-refractivity contribution in [3.63, 3.8) is 0 Å².